The normalized spacial score (nSPS) is 10.6. The molecule has 0 saturated heterocycles. The highest BCUT2D eigenvalue weighted by atomic mass is 16.6. The molecule has 0 radical (unpaired) electrons. The number of benzene rings is 2. The zero-order chi connectivity index (χ0) is 13.5. The molecule has 0 fully saturated rings. The summed E-state index contributed by atoms with van der Waals surface area (Å²) in [5, 5.41) is 8.79. The van der Waals surface area contributed by atoms with Crippen molar-refractivity contribution in [2.24, 2.45) is 0 Å². The van der Waals surface area contributed by atoms with Gasteiger partial charge in [0.05, 0.1) is 0 Å². The maximum absolute atomic E-state index is 11.9. The quantitative estimate of drug-likeness (QED) is 0.507. The van der Waals surface area contributed by atoms with Crippen molar-refractivity contribution in [3.8, 4) is 5.75 Å². The van der Waals surface area contributed by atoms with Gasteiger partial charge in [0.2, 0.25) is 0 Å². The topological polar surface area (TPSA) is 46.5 Å². The lowest BCUT2D eigenvalue weighted by Crippen LogP contribution is -1.97. The maximum atomic E-state index is 11.9. The summed E-state index contributed by atoms with van der Waals surface area (Å²) in [7, 11) is 0. The first-order chi connectivity index (χ1) is 9.31. The van der Waals surface area contributed by atoms with Gasteiger partial charge in [-0.2, -0.15) is 0 Å². The van der Waals surface area contributed by atoms with Crippen LogP contribution in [0.1, 0.15) is 15.9 Å². The second kappa shape index (κ2) is 6.52. The van der Waals surface area contributed by atoms with Crippen molar-refractivity contribution in [1.29, 1.82) is 0 Å². The summed E-state index contributed by atoms with van der Waals surface area (Å²) in [5.41, 5.74) is 1.39. The van der Waals surface area contributed by atoms with E-state index in [2.05, 4.69) is 0 Å². The SMILES string of the molecule is O=C(/C=C/c1ccccc1OCO)c1ccccc1. The number of hydrogen-bond acceptors (Lipinski definition) is 3. The van der Waals surface area contributed by atoms with Crippen LogP contribution in [0.15, 0.2) is 60.7 Å². The van der Waals surface area contributed by atoms with Crippen LogP contribution in [-0.2, 0) is 0 Å². The molecule has 0 bridgehead atoms. The molecule has 0 aromatic heterocycles. The second-order valence-corrected chi connectivity index (χ2v) is 3.87. The molecule has 3 nitrogen and oxygen atoms in total. The van der Waals surface area contributed by atoms with Crippen molar-refractivity contribution >= 4 is 11.9 Å². The Kier molecular flexibility index (Phi) is 4.48. The third-order valence-corrected chi connectivity index (χ3v) is 2.61. The summed E-state index contributed by atoms with van der Waals surface area (Å²) in [6, 6.07) is 16.3. The standard InChI is InChI=1S/C16H14O3/c17-12-19-16-9-5-4-8-14(16)10-11-15(18)13-6-2-1-3-7-13/h1-11,17H,12H2/b11-10+. The average Bonchev–Trinajstić information content (AvgIpc) is 2.47. The summed E-state index contributed by atoms with van der Waals surface area (Å²) in [6.07, 6.45) is 3.18. The molecule has 1 N–H and O–H groups in total. The van der Waals surface area contributed by atoms with Gasteiger partial charge >= 0.3 is 0 Å². The average molecular weight is 254 g/mol. The first kappa shape index (κ1) is 13.1. The molecular formula is C16H14O3. The van der Waals surface area contributed by atoms with Gasteiger partial charge in [-0.15, -0.1) is 0 Å². The minimum Gasteiger partial charge on any atom is -0.467 e. The van der Waals surface area contributed by atoms with Crippen molar-refractivity contribution in [3.05, 3.63) is 71.8 Å². The number of para-hydroxylation sites is 1. The third kappa shape index (κ3) is 3.53. The molecule has 2 aromatic rings. The Balaban J connectivity index is 2.17. The van der Waals surface area contributed by atoms with Crippen molar-refractivity contribution in [3.63, 3.8) is 0 Å². The Labute approximate surface area is 111 Å². The molecule has 0 spiro atoms. The Morgan fingerprint density at radius 3 is 2.47 bits per heavy atom. The maximum Gasteiger partial charge on any atom is 0.186 e. The van der Waals surface area contributed by atoms with Crippen LogP contribution in [0.5, 0.6) is 5.75 Å². The van der Waals surface area contributed by atoms with E-state index in [0.717, 1.165) is 5.56 Å². The Bertz CT molecular complexity index is 574. The number of ketones is 1. The zero-order valence-electron chi connectivity index (χ0n) is 10.3. The molecular weight excluding hydrogens is 240 g/mol. The lowest BCUT2D eigenvalue weighted by molar-refractivity contribution is 0.0983. The van der Waals surface area contributed by atoms with Crippen LogP contribution in [-0.4, -0.2) is 17.7 Å². The Morgan fingerprint density at radius 1 is 1.05 bits per heavy atom. The monoisotopic (exact) mass is 254 g/mol. The minimum atomic E-state index is -0.391. The van der Waals surface area contributed by atoms with Crippen molar-refractivity contribution in [2.75, 3.05) is 6.79 Å². The van der Waals surface area contributed by atoms with Crippen LogP contribution in [0.25, 0.3) is 6.08 Å². The predicted molar refractivity (Wildman–Crippen MR) is 74.0 cm³/mol. The fourth-order valence-electron chi connectivity index (χ4n) is 1.68. The number of hydrogen-bond donors (Lipinski definition) is 1. The largest absolute Gasteiger partial charge is 0.467 e. The fraction of sp³-hybridized carbons (Fsp3) is 0.0625. The van der Waals surface area contributed by atoms with E-state index in [1.807, 2.05) is 30.3 Å². The predicted octanol–water partition coefficient (Wildman–Crippen LogP) is 2.91. The lowest BCUT2D eigenvalue weighted by atomic mass is 10.1. The summed E-state index contributed by atoms with van der Waals surface area (Å²) < 4.78 is 5.07. The fourth-order valence-corrected chi connectivity index (χ4v) is 1.68. The van der Waals surface area contributed by atoms with E-state index >= 15 is 0 Å². The second-order valence-electron chi connectivity index (χ2n) is 3.87. The smallest absolute Gasteiger partial charge is 0.186 e. The number of carbonyl (C=O) groups excluding carboxylic acids is 1. The number of ether oxygens (including phenoxy) is 1. The molecule has 0 heterocycles. The van der Waals surface area contributed by atoms with E-state index in [1.54, 1.807) is 30.3 Å². The van der Waals surface area contributed by atoms with E-state index in [0.29, 0.717) is 11.3 Å². The van der Waals surface area contributed by atoms with Crippen molar-refractivity contribution in [1.82, 2.24) is 0 Å². The highest BCUT2D eigenvalue weighted by Crippen LogP contribution is 2.19. The number of allylic oxidation sites excluding steroid dienone is 1. The number of rotatable bonds is 5. The van der Waals surface area contributed by atoms with E-state index in [-0.39, 0.29) is 5.78 Å². The lowest BCUT2D eigenvalue weighted by Gasteiger charge is -2.05. The summed E-state index contributed by atoms with van der Waals surface area (Å²) >= 11 is 0. The molecule has 96 valence electrons. The van der Waals surface area contributed by atoms with Gasteiger partial charge in [0, 0.05) is 11.1 Å². The van der Waals surface area contributed by atoms with E-state index < -0.39 is 6.79 Å². The molecule has 3 heteroatoms. The van der Waals surface area contributed by atoms with E-state index in [4.69, 9.17) is 9.84 Å². The van der Waals surface area contributed by atoms with Gasteiger partial charge < -0.3 is 9.84 Å². The van der Waals surface area contributed by atoms with Gasteiger partial charge in [0.15, 0.2) is 12.6 Å². The summed E-state index contributed by atoms with van der Waals surface area (Å²) in [5.74, 6) is 0.474. The number of aliphatic hydroxyl groups excluding tert-OH is 1. The molecule has 0 aliphatic heterocycles. The van der Waals surface area contributed by atoms with Crippen molar-refractivity contribution in [2.45, 2.75) is 0 Å². The van der Waals surface area contributed by atoms with Gasteiger partial charge in [-0.3, -0.25) is 4.79 Å². The minimum absolute atomic E-state index is 0.0700. The third-order valence-electron chi connectivity index (χ3n) is 2.61. The van der Waals surface area contributed by atoms with E-state index in [1.165, 1.54) is 6.08 Å². The van der Waals surface area contributed by atoms with Gasteiger partial charge in [0.25, 0.3) is 0 Å². The molecule has 19 heavy (non-hydrogen) atoms. The summed E-state index contributed by atoms with van der Waals surface area (Å²) in [4.78, 5) is 11.9. The van der Waals surface area contributed by atoms with Gasteiger partial charge in [0.1, 0.15) is 5.75 Å². The molecule has 0 unspecified atom stereocenters. The molecule has 2 aromatic carbocycles. The first-order valence-corrected chi connectivity index (χ1v) is 5.91. The van der Waals surface area contributed by atoms with Crippen LogP contribution in [0.4, 0.5) is 0 Å². The molecule has 0 aliphatic carbocycles. The van der Waals surface area contributed by atoms with E-state index in [9.17, 15) is 4.79 Å². The van der Waals surface area contributed by atoms with Crippen LogP contribution in [0.2, 0.25) is 0 Å². The highest BCUT2D eigenvalue weighted by Gasteiger charge is 2.02. The molecule has 0 amide bonds. The molecule has 0 atom stereocenters. The molecule has 0 saturated carbocycles. The number of aliphatic hydroxyl groups is 1. The number of carbonyl (C=O) groups is 1. The first-order valence-electron chi connectivity index (χ1n) is 5.91. The molecule has 2 rings (SSSR count). The highest BCUT2D eigenvalue weighted by molar-refractivity contribution is 6.06. The zero-order valence-corrected chi connectivity index (χ0v) is 10.3. The Hall–Kier alpha value is -2.39. The van der Waals surface area contributed by atoms with Crippen LogP contribution in [0.3, 0.4) is 0 Å². The Morgan fingerprint density at radius 2 is 1.74 bits per heavy atom. The van der Waals surface area contributed by atoms with Gasteiger partial charge in [-0.05, 0) is 18.2 Å². The summed E-state index contributed by atoms with van der Waals surface area (Å²) in [6.45, 7) is -0.391. The van der Waals surface area contributed by atoms with Gasteiger partial charge in [-0.25, -0.2) is 0 Å². The van der Waals surface area contributed by atoms with Crippen molar-refractivity contribution < 1.29 is 14.6 Å². The van der Waals surface area contributed by atoms with Crippen LogP contribution in [0, 0.1) is 0 Å². The van der Waals surface area contributed by atoms with Crippen LogP contribution < -0.4 is 4.74 Å². The van der Waals surface area contributed by atoms with Gasteiger partial charge in [-0.1, -0.05) is 48.5 Å². The molecule has 0 aliphatic rings. The van der Waals surface area contributed by atoms with Crippen LogP contribution >= 0.6 is 0 Å².